The Hall–Kier alpha value is -1.92. The standard InChI is InChI=1S/C16H20O6/c17-9-11-5-7-16(10-18,8-6-11)22-15(21)13-4-2-1-3-12(13)14(19)20/h1-4,11,17-18H,5-10H2,(H,19,20). The molecule has 1 saturated carbocycles. The van der Waals surface area contributed by atoms with E-state index in [1.54, 1.807) is 6.07 Å². The highest BCUT2D eigenvalue weighted by molar-refractivity contribution is 6.02. The average molecular weight is 308 g/mol. The molecule has 0 saturated heterocycles. The monoisotopic (exact) mass is 308 g/mol. The molecule has 22 heavy (non-hydrogen) atoms. The first-order chi connectivity index (χ1) is 10.5. The lowest BCUT2D eigenvalue weighted by Gasteiger charge is -2.37. The number of carbonyl (C=O) groups excluding carboxylic acids is 1. The van der Waals surface area contributed by atoms with E-state index in [9.17, 15) is 14.7 Å². The fourth-order valence-corrected chi connectivity index (χ4v) is 2.78. The lowest BCUT2D eigenvalue weighted by molar-refractivity contribution is -0.0760. The molecule has 1 fully saturated rings. The summed E-state index contributed by atoms with van der Waals surface area (Å²) in [4.78, 5) is 23.5. The Labute approximate surface area is 128 Å². The van der Waals surface area contributed by atoms with Crippen LogP contribution in [-0.4, -0.2) is 46.1 Å². The minimum Gasteiger partial charge on any atom is -0.478 e. The van der Waals surface area contributed by atoms with Crippen LogP contribution < -0.4 is 0 Å². The molecule has 6 nitrogen and oxygen atoms in total. The molecule has 120 valence electrons. The predicted octanol–water partition coefficient (Wildman–Crippen LogP) is 1.46. The lowest BCUT2D eigenvalue weighted by atomic mass is 9.79. The Balaban J connectivity index is 2.15. The van der Waals surface area contributed by atoms with Crippen LogP contribution in [0.4, 0.5) is 0 Å². The molecule has 0 bridgehead atoms. The van der Waals surface area contributed by atoms with Crippen LogP contribution in [0.25, 0.3) is 0 Å². The SMILES string of the molecule is O=C(O)c1ccccc1C(=O)OC1(CO)CCC(CO)CC1. The van der Waals surface area contributed by atoms with Crippen LogP contribution >= 0.6 is 0 Å². The van der Waals surface area contributed by atoms with E-state index in [4.69, 9.17) is 14.9 Å². The van der Waals surface area contributed by atoms with Crippen molar-refractivity contribution in [2.24, 2.45) is 5.92 Å². The van der Waals surface area contributed by atoms with Gasteiger partial charge in [0.25, 0.3) is 0 Å². The number of ether oxygens (including phenoxy) is 1. The number of hydrogen-bond donors (Lipinski definition) is 3. The van der Waals surface area contributed by atoms with Crippen molar-refractivity contribution >= 4 is 11.9 Å². The van der Waals surface area contributed by atoms with E-state index in [2.05, 4.69) is 0 Å². The van der Waals surface area contributed by atoms with Crippen molar-refractivity contribution in [1.82, 2.24) is 0 Å². The zero-order valence-electron chi connectivity index (χ0n) is 12.2. The molecule has 3 N–H and O–H groups in total. The lowest BCUT2D eigenvalue weighted by Crippen LogP contribution is -2.43. The Kier molecular flexibility index (Phi) is 5.15. The van der Waals surface area contributed by atoms with Crippen molar-refractivity contribution in [2.75, 3.05) is 13.2 Å². The van der Waals surface area contributed by atoms with Gasteiger partial charge in [-0.3, -0.25) is 0 Å². The van der Waals surface area contributed by atoms with Crippen molar-refractivity contribution in [3.05, 3.63) is 35.4 Å². The van der Waals surface area contributed by atoms with Crippen LogP contribution in [0.3, 0.4) is 0 Å². The van der Waals surface area contributed by atoms with E-state index >= 15 is 0 Å². The molecule has 0 atom stereocenters. The first-order valence-electron chi connectivity index (χ1n) is 7.29. The fraction of sp³-hybridized carbons (Fsp3) is 0.500. The highest BCUT2D eigenvalue weighted by Gasteiger charge is 2.39. The molecule has 1 aliphatic carbocycles. The second kappa shape index (κ2) is 6.89. The summed E-state index contributed by atoms with van der Waals surface area (Å²) in [6.07, 6.45) is 2.22. The highest BCUT2D eigenvalue weighted by atomic mass is 16.6. The molecule has 6 heteroatoms. The van der Waals surface area contributed by atoms with Gasteiger partial charge in [-0.2, -0.15) is 0 Å². The molecule has 0 amide bonds. The van der Waals surface area contributed by atoms with Crippen LogP contribution in [0.1, 0.15) is 46.4 Å². The number of carboxylic acids is 1. The molecule has 0 aromatic heterocycles. The molecule has 0 radical (unpaired) electrons. The van der Waals surface area contributed by atoms with Gasteiger partial charge in [0.15, 0.2) is 0 Å². The summed E-state index contributed by atoms with van der Waals surface area (Å²) < 4.78 is 5.46. The largest absolute Gasteiger partial charge is 0.478 e. The quantitative estimate of drug-likeness (QED) is 0.711. The third-order valence-corrected chi connectivity index (χ3v) is 4.25. The minimum atomic E-state index is -1.20. The van der Waals surface area contributed by atoms with Gasteiger partial charge in [-0.15, -0.1) is 0 Å². The highest BCUT2D eigenvalue weighted by Crippen LogP contribution is 2.35. The van der Waals surface area contributed by atoms with E-state index in [-0.39, 0.29) is 30.3 Å². The summed E-state index contributed by atoms with van der Waals surface area (Å²) in [7, 11) is 0. The van der Waals surface area contributed by atoms with E-state index < -0.39 is 17.5 Å². The minimum absolute atomic E-state index is 0.0212. The number of rotatable bonds is 5. The van der Waals surface area contributed by atoms with Crippen LogP contribution in [0.5, 0.6) is 0 Å². The van der Waals surface area contributed by atoms with E-state index in [0.29, 0.717) is 25.7 Å². The number of aliphatic hydroxyl groups excluding tert-OH is 2. The Morgan fingerprint density at radius 1 is 1.14 bits per heavy atom. The maximum atomic E-state index is 12.3. The normalized spacial score (nSPS) is 24.7. The number of aromatic carboxylic acids is 1. The molecular weight excluding hydrogens is 288 g/mol. The smallest absolute Gasteiger partial charge is 0.339 e. The molecule has 1 aromatic rings. The van der Waals surface area contributed by atoms with Gasteiger partial charge in [-0.05, 0) is 43.7 Å². The van der Waals surface area contributed by atoms with Gasteiger partial charge >= 0.3 is 11.9 Å². The first kappa shape index (κ1) is 16.5. The summed E-state index contributed by atoms with van der Waals surface area (Å²) in [5.41, 5.74) is -1.13. The topological polar surface area (TPSA) is 104 Å². The van der Waals surface area contributed by atoms with Crippen molar-refractivity contribution in [2.45, 2.75) is 31.3 Å². The maximum Gasteiger partial charge on any atom is 0.339 e. The summed E-state index contributed by atoms with van der Waals surface area (Å²) in [5.74, 6) is -1.78. The van der Waals surface area contributed by atoms with Gasteiger partial charge in [-0.25, -0.2) is 9.59 Å². The van der Waals surface area contributed by atoms with Gasteiger partial charge in [0.05, 0.1) is 17.7 Å². The Bertz CT molecular complexity index is 545. The van der Waals surface area contributed by atoms with Crippen molar-refractivity contribution in [3.8, 4) is 0 Å². The molecule has 2 rings (SSSR count). The van der Waals surface area contributed by atoms with Crippen molar-refractivity contribution < 1.29 is 29.6 Å². The fourth-order valence-electron chi connectivity index (χ4n) is 2.78. The molecule has 0 heterocycles. The third-order valence-electron chi connectivity index (χ3n) is 4.25. The summed E-state index contributed by atoms with van der Waals surface area (Å²) in [6.45, 7) is -0.233. The number of hydrogen-bond acceptors (Lipinski definition) is 5. The molecule has 0 aliphatic heterocycles. The first-order valence-corrected chi connectivity index (χ1v) is 7.29. The summed E-state index contributed by atoms with van der Waals surface area (Å²) >= 11 is 0. The van der Waals surface area contributed by atoms with Crippen LogP contribution in [0.2, 0.25) is 0 Å². The molecule has 0 unspecified atom stereocenters. The number of aliphatic hydroxyl groups is 2. The van der Waals surface area contributed by atoms with E-state index in [1.807, 2.05) is 0 Å². The number of benzene rings is 1. The zero-order valence-corrected chi connectivity index (χ0v) is 12.2. The summed E-state index contributed by atoms with van der Waals surface area (Å²) in [6, 6.07) is 5.84. The van der Waals surface area contributed by atoms with Crippen molar-refractivity contribution in [3.63, 3.8) is 0 Å². The van der Waals surface area contributed by atoms with Crippen molar-refractivity contribution in [1.29, 1.82) is 0 Å². The Morgan fingerprint density at radius 2 is 1.73 bits per heavy atom. The van der Waals surface area contributed by atoms with Gasteiger partial charge in [-0.1, -0.05) is 12.1 Å². The van der Waals surface area contributed by atoms with Gasteiger partial charge < -0.3 is 20.1 Å². The molecule has 1 aromatic carbocycles. The average Bonchev–Trinajstić information content (AvgIpc) is 2.55. The second-order valence-electron chi connectivity index (χ2n) is 5.71. The molecular formula is C16H20O6. The van der Waals surface area contributed by atoms with Crippen LogP contribution in [0, 0.1) is 5.92 Å². The predicted molar refractivity (Wildman–Crippen MR) is 77.7 cm³/mol. The van der Waals surface area contributed by atoms with E-state index in [0.717, 1.165) is 0 Å². The van der Waals surface area contributed by atoms with Gasteiger partial charge in [0.1, 0.15) is 5.60 Å². The van der Waals surface area contributed by atoms with Crippen LogP contribution in [-0.2, 0) is 4.74 Å². The second-order valence-corrected chi connectivity index (χ2v) is 5.71. The molecule has 1 aliphatic rings. The third kappa shape index (κ3) is 3.45. The van der Waals surface area contributed by atoms with E-state index in [1.165, 1.54) is 18.2 Å². The summed E-state index contributed by atoms with van der Waals surface area (Å²) in [5, 5.41) is 27.9. The van der Waals surface area contributed by atoms with Crippen LogP contribution in [0.15, 0.2) is 24.3 Å². The Morgan fingerprint density at radius 3 is 2.23 bits per heavy atom. The molecule has 0 spiro atoms. The van der Waals surface area contributed by atoms with Gasteiger partial charge in [0.2, 0.25) is 0 Å². The number of carboxylic acid groups (broad SMARTS) is 1. The number of esters is 1. The maximum absolute atomic E-state index is 12.3. The van der Waals surface area contributed by atoms with Gasteiger partial charge in [0, 0.05) is 6.61 Å². The zero-order chi connectivity index (χ0) is 16.2. The number of carbonyl (C=O) groups is 2.